The van der Waals surface area contributed by atoms with Gasteiger partial charge in [0.2, 0.25) is 0 Å². The van der Waals surface area contributed by atoms with Crippen LogP contribution in [0.4, 0.5) is 0 Å². The third-order valence-electron chi connectivity index (χ3n) is 2.05. The minimum absolute atomic E-state index is 0.194. The Morgan fingerprint density at radius 3 is 2.50 bits per heavy atom. The molecule has 1 aromatic heterocycles. The Kier molecular flexibility index (Phi) is 3.62. The molecule has 16 heavy (non-hydrogen) atoms. The van der Waals surface area contributed by atoms with Gasteiger partial charge in [0, 0.05) is 0 Å². The smallest absolute Gasteiger partial charge is 0.328 e. The van der Waals surface area contributed by atoms with Gasteiger partial charge in [-0.2, -0.15) is 0 Å². The summed E-state index contributed by atoms with van der Waals surface area (Å²) in [6.45, 7) is 2.44. The molecule has 0 fully saturated rings. The molecule has 1 aromatic rings. The summed E-state index contributed by atoms with van der Waals surface area (Å²) >= 11 is 0. The standard InChI is InChI=1S/C9H12N2O5/c1-4-7(5(2)16-11-4)8(13)10-6(3-12)9(14)15/h6,12H,3H2,1-2H3,(H,10,13)(H,14,15)/t6-/m1/s1. The number of aliphatic carboxylic acids is 1. The van der Waals surface area contributed by atoms with E-state index < -0.39 is 24.5 Å². The maximum Gasteiger partial charge on any atom is 0.328 e. The lowest BCUT2D eigenvalue weighted by atomic mass is 10.2. The number of hydrogen-bond acceptors (Lipinski definition) is 5. The molecule has 1 rings (SSSR count). The average Bonchev–Trinajstić information content (AvgIpc) is 2.54. The Labute approximate surface area is 91.0 Å². The van der Waals surface area contributed by atoms with Gasteiger partial charge in [0.15, 0.2) is 6.04 Å². The lowest BCUT2D eigenvalue weighted by Crippen LogP contribution is -2.43. The van der Waals surface area contributed by atoms with Gasteiger partial charge in [-0.05, 0) is 13.8 Å². The maximum atomic E-state index is 11.6. The maximum absolute atomic E-state index is 11.6. The molecule has 0 aliphatic heterocycles. The lowest BCUT2D eigenvalue weighted by Gasteiger charge is -2.10. The highest BCUT2D eigenvalue weighted by atomic mass is 16.5. The van der Waals surface area contributed by atoms with Crippen molar-refractivity contribution in [2.75, 3.05) is 6.61 Å². The van der Waals surface area contributed by atoms with Crippen molar-refractivity contribution < 1.29 is 24.3 Å². The van der Waals surface area contributed by atoms with Crippen molar-refractivity contribution in [1.82, 2.24) is 10.5 Å². The Hall–Kier alpha value is -1.89. The van der Waals surface area contributed by atoms with E-state index >= 15 is 0 Å². The number of nitrogens with one attached hydrogen (secondary N) is 1. The number of hydrogen-bond donors (Lipinski definition) is 3. The van der Waals surface area contributed by atoms with Crippen molar-refractivity contribution in [1.29, 1.82) is 0 Å². The van der Waals surface area contributed by atoms with Crippen LogP contribution < -0.4 is 5.32 Å². The number of aliphatic hydroxyl groups is 1. The number of aryl methyl sites for hydroxylation is 2. The van der Waals surface area contributed by atoms with Crippen LogP contribution in [-0.4, -0.2) is 39.9 Å². The van der Waals surface area contributed by atoms with E-state index in [0.717, 1.165) is 0 Å². The first-order valence-corrected chi connectivity index (χ1v) is 4.54. The first kappa shape index (κ1) is 12.2. The topological polar surface area (TPSA) is 113 Å². The highest BCUT2D eigenvalue weighted by Crippen LogP contribution is 2.11. The van der Waals surface area contributed by atoms with E-state index in [0.29, 0.717) is 11.5 Å². The molecule has 0 radical (unpaired) electrons. The van der Waals surface area contributed by atoms with Gasteiger partial charge < -0.3 is 20.1 Å². The van der Waals surface area contributed by atoms with E-state index in [4.69, 9.17) is 14.7 Å². The molecule has 3 N–H and O–H groups in total. The fraction of sp³-hybridized carbons (Fsp3) is 0.444. The summed E-state index contributed by atoms with van der Waals surface area (Å²) in [5.41, 5.74) is 0.566. The highest BCUT2D eigenvalue weighted by molar-refractivity contribution is 5.98. The molecular formula is C9H12N2O5. The van der Waals surface area contributed by atoms with Crippen LogP contribution in [0.15, 0.2) is 4.52 Å². The molecule has 88 valence electrons. The largest absolute Gasteiger partial charge is 0.480 e. The van der Waals surface area contributed by atoms with E-state index in [-0.39, 0.29) is 5.56 Å². The van der Waals surface area contributed by atoms with Crippen molar-refractivity contribution in [3.8, 4) is 0 Å². The zero-order chi connectivity index (χ0) is 12.3. The predicted octanol–water partition coefficient (Wildman–Crippen LogP) is -0.533. The van der Waals surface area contributed by atoms with Crippen LogP contribution in [0.25, 0.3) is 0 Å². The van der Waals surface area contributed by atoms with Gasteiger partial charge in [-0.1, -0.05) is 5.16 Å². The summed E-state index contributed by atoms with van der Waals surface area (Å²) in [5.74, 6) is -1.63. The van der Waals surface area contributed by atoms with Gasteiger partial charge in [0.05, 0.1) is 12.3 Å². The second-order valence-electron chi connectivity index (χ2n) is 3.25. The zero-order valence-electron chi connectivity index (χ0n) is 8.85. The predicted molar refractivity (Wildman–Crippen MR) is 52.0 cm³/mol. The van der Waals surface area contributed by atoms with Gasteiger partial charge in [-0.15, -0.1) is 0 Å². The zero-order valence-corrected chi connectivity index (χ0v) is 8.85. The van der Waals surface area contributed by atoms with Gasteiger partial charge in [0.25, 0.3) is 5.91 Å². The number of nitrogens with zero attached hydrogens (tertiary/aromatic N) is 1. The minimum Gasteiger partial charge on any atom is -0.480 e. The van der Waals surface area contributed by atoms with Crippen LogP contribution in [0.2, 0.25) is 0 Å². The summed E-state index contributed by atoms with van der Waals surface area (Å²) in [4.78, 5) is 22.2. The summed E-state index contributed by atoms with van der Waals surface area (Å²) in [6, 6.07) is -1.33. The monoisotopic (exact) mass is 228 g/mol. The van der Waals surface area contributed by atoms with E-state index in [1.165, 1.54) is 0 Å². The Balaban J connectivity index is 2.84. The Morgan fingerprint density at radius 2 is 2.12 bits per heavy atom. The number of carbonyl (C=O) groups excluding carboxylic acids is 1. The normalized spacial score (nSPS) is 12.2. The third kappa shape index (κ3) is 2.37. The van der Waals surface area contributed by atoms with E-state index in [2.05, 4.69) is 10.5 Å². The number of aromatic nitrogens is 1. The summed E-state index contributed by atoms with van der Waals surface area (Å²) < 4.78 is 4.77. The van der Waals surface area contributed by atoms with Gasteiger partial charge >= 0.3 is 5.97 Å². The molecule has 0 saturated carbocycles. The summed E-state index contributed by atoms with van der Waals surface area (Å²) in [7, 11) is 0. The van der Waals surface area contributed by atoms with Crippen molar-refractivity contribution >= 4 is 11.9 Å². The molecule has 0 aliphatic carbocycles. The number of carbonyl (C=O) groups is 2. The number of aliphatic hydroxyl groups excluding tert-OH is 1. The van der Waals surface area contributed by atoms with Crippen molar-refractivity contribution in [3.63, 3.8) is 0 Å². The van der Waals surface area contributed by atoms with Gasteiger partial charge in [-0.25, -0.2) is 4.79 Å². The molecular weight excluding hydrogens is 216 g/mol. The molecule has 1 amide bonds. The molecule has 7 heteroatoms. The number of carboxylic acids is 1. The third-order valence-corrected chi connectivity index (χ3v) is 2.05. The lowest BCUT2D eigenvalue weighted by molar-refractivity contribution is -0.140. The quantitative estimate of drug-likeness (QED) is 0.638. The van der Waals surface area contributed by atoms with Crippen LogP contribution in [0.1, 0.15) is 21.8 Å². The molecule has 0 aliphatic rings. The molecule has 1 atom stereocenters. The van der Waals surface area contributed by atoms with Crippen molar-refractivity contribution in [2.45, 2.75) is 19.9 Å². The van der Waals surface area contributed by atoms with Crippen molar-refractivity contribution in [3.05, 3.63) is 17.0 Å². The first-order valence-electron chi connectivity index (χ1n) is 4.54. The SMILES string of the molecule is Cc1noc(C)c1C(=O)N[C@H](CO)C(=O)O. The van der Waals surface area contributed by atoms with Gasteiger partial charge in [0.1, 0.15) is 11.3 Å². The number of amides is 1. The van der Waals surface area contributed by atoms with Crippen LogP contribution in [0, 0.1) is 13.8 Å². The number of rotatable bonds is 4. The molecule has 7 nitrogen and oxygen atoms in total. The molecule has 0 aromatic carbocycles. The summed E-state index contributed by atoms with van der Waals surface area (Å²) in [5, 5.41) is 23.1. The first-order chi connectivity index (χ1) is 7.47. The fourth-order valence-corrected chi connectivity index (χ4v) is 1.22. The van der Waals surface area contributed by atoms with Crippen molar-refractivity contribution in [2.24, 2.45) is 0 Å². The van der Waals surface area contributed by atoms with Crippen LogP contribution in [-0.2, 0) is 4.79 Å². The molecule has 0 spiro atoms. The van der Waals surface area contributed by atoms with Crippen LogP contribution in [0.5, 0.6) is 0 Å². The molecule has 0 bridgehead atoms. The minimum atomic E-state index is -1.33. The second kappa shape index (κ2) is 4.75. The van der Waals surface area contributed by atoms with Crippen LogP contribution in [0.3, 0.4) is 0 Å². The molecule has 0 unspecified atom stereocenters. The average molecular weight is 228 g/mol. The second-order valence-corrected chi connectivity index (χ2v) is 3.25. The van der Waals surface area contributed by atoms with E-state index in [9.17, 15) is 9.59 Å². The molecule has 0 saturated heterocycles. The van der Waals surface area contributed by atoms with E-state index in [1.807, 2.05) is 0 Å². The Bertz CT molecular complexity index is 393. The van der Waals surface area contributed by atoms with Crippen LogP contribution >= 0.6 is 0 Å². The number of carboxylic acid groups (broad SMARTS) is 1. The fourth-order valence-electron chi connectivity index (χ4n) is 1.22. The Morgan fingerprint density at radius 1 is 1.50 bits per heavy atom. The summed E-state index contributed by atoms with van der Waals surface area (Å²) in [6.07, 6.45) is 0. The van der Waals surface area contributed by atoms with Gasteiger partial charge in [-0.3, -0.25) is 4.79 Å². The molecule has 1 heterocycles. The highest BCUT2D eigenvalue weighted by Gasteiger charge is 2.23. The van der Waals surface area contributed by atoms with E-state index in [1.54, 1.807) is 13.8 Å².